The van der Waals surface area contributed by atoms with Gasteiger partial charge in [0.15, 0.2) is 0 Å². The summed E-state index contributed by atoms with van der Waals surface area (Å²) in [5, 5.41) is 0.681. The molecule has 0 saturated heterocycles. The normalized spacial score (nSPS) is 14.9. The zero-order valence-electron chi connectivity index (χ0n) is 10.00. The van der Waals surface area contributed by atoms with E-state index in [9.17, 15) is 4.39 Å². The Balaban J connectivity index is 2.07. The molecule has 0 spiro atoms. The van der Waals surface area contributed by atoms with Crippen LogP contribution in [0.3, 0.4) is 0 Å². The van der Waals surface area contributed by atoms with Crippen LogP contribution in [-0.4, -0.2) is 6.61 Å². The molecule has 0 bridgehead atoms. The molecule has 0 amide bonds. The molecule has 19 heavy (non-hydrogen) atoms. The number of rotatable bonds is 2. The Hall–Kier alpha value is -1.06. The van der Waals surface area contributed by atoms with E-state index in [1.54, 1.807) is 6.07 Å². The first-order valence-corrected chi connectivity index (χ1v) is 7.29. The monoisotopic (exact) mass is 340 g/mol. The molecule has 98 valence electrons. The minimum atomic E-state index is -0.249. The van der Waals surface area contributed by atoms with Gasteiger partial charge in [0, 0.05) is 17.0 Å². The zero-order chi connectivity index (χ0) is 13.4. The number of hydrogen-bond donors (Lipinski definition) is 0. The highest BCUT2D eigenvalue weighted by atomic mass is 79.9. The molecule has 2 aromatic carbocycles. The van der Waals surface area contributed by atoms with Gasteiger partial charge in [-0.1, -0.05) is 39.7 Å². The average molecular weight is 342 g/mol. The fourth-order valence-electron chi connectivity index (χ4n) is 2.33. The Morgan fingerprint density at radius 3 is 2.89 bits per heavy atom. The smallest absolute Gasteiger partial charge is 0.127 e. The van der Waals surface area contributed by atoms with Gasteiger partial charge in [-0.25, -0.2) is 4.39 Å². The van der Waals surface area contributed by atoms with E-state index in [0.29, 0.717) is 11.6 Å². The van der Waals surface area contributed by atoms with Crippen molar-refractivity contribution in [3.8, 4) is 5.75 Å². The van der Waals surface area contributed by atoms with E-state index in [0.717, 1.165) is 28.9 Å². The molecule has 4 heteroatoms. The Morgan fingerprint density at radius 1 is 1.26 bits per heavy atom. The predicted octanol–water partition coefficient (Wildman–Crippen LogP) is 4.90. The maximum atomic E-state index is 13.3. The predicted molar refractivity (Wildman–Crippen MR) is 77.8 cm³/mol. The lowest BCUT2D eigenvalue weighted by atomic mass is 10.0. The van der Waals surface area contributed by atoms with Crippen LogP contribution in [0.1, 0.15) is 21.5 Å². The van der Waals surface area contributed by atoms with Crippen LogP contribution in [0, 0.1) is 5.82 Å². The SMILES string of the molecule is Fc1cccc(C(Br)c2cc(Cl)cc3c2OCC3)c1. The number of hydrogen-bond acceptors (Lipinski definition) is 1. The summed E-state index contributed by atoms with van der Waals surface area (Å²) in [6.45, 7) is 0.672. The summed E-state index contributed by atoms with van der Waals surface area (Å²) < 4.78 is 19.0. The van der Waals surface area contributed by atoms with E-state index in [2.05, 4.69) is 15.9 Å². The number of ether oxygens (including phenoxy) is 1. The standard InChI is InChI=1S/C15H11BrClFO/c16-14(9-2-1-3-12(18)7-9)13-8-11(17)6-10-4-5-19-15(10)13/h1-3,6-8,14H,4-5H2. The third kappa shape index (κ3) is 2.49. The van der Waals surface area contributed by atoms with Crippen molar-refractivity contribution in [1.82, 2.24) is 0 Å². The molecule has 0 N–H and O–H groups in total. The number of alkyl halides is 1. The van der Waals surface area contributed by atoms with Crippen molar-refractivity contribution in [2.45, 2.75) is 11.2 Å². The summed E-state index contributed by atoms with van der Waals surface area (Å²) in [5.74, 6) is 0.622. The molecular formula is C15H11BrClFO. The minimum absolute atomic E-state index is 0.131. The van der Waals surface area contributed by atoms with Gasteiger partial charge in [-0.15, -0.1) is 0 Å². The lowest BCUT2D eigenvalue weighted by molar-refractivity contribution is 0.354. The van der Waals surface area contributed by atoms with Crippen LogP contribution in [0.5, 0.6) is 5.75 Å². The quantitative estimate of drug-likeness (QED) is 0.706. The third-order valence-electron chi connectivity index (χ3n) is 3.19. The summed E-state index contributed by atoms with van der Waals surface area (Å²) in [7, 11) is 0. The minimum Gasteiger partial charge on any atom is -0.493 e. The van der Waals surface area contributed by atoms with Crippen molar-refractivity contribution >= 4 is 27.5 Å². The molecule has 0 radical (unpaired) electrons. The van der Waals surface area contributed by atoms with E-state index in [1.165, 1.54) is 12.1 Å². The molecule has 0 saturated carbocycles. The first-order valence-electron chi connectivity index (χ1n) is 6.00. The second-order valence-electron chi connectivity index (χ2n) is 4.50. The highest BCUT2D eigenvalue weighted by Gasteiger charge is 2.23. The molecule has 0 aromatic heterocycles. The van der Waals surface area contributed by atoms with Gasteiger partial charge < -0.3 is 4.74 Å². The van der Waals surface area contributed by atoms with Gasteiger partial charge in [-0.2, -0.15) is 0 Å². The summed E-state index contributed by atoms with van der Waals surface area (Å²) in [6.07, 6.45) is 0.867. The van der Waals surface area contributed by atoms with Crippen molar-refractivity contribution in [1.29, 1.82) is 0 Å². The summed E-state index contributed by atoms with van der Waals surface area (Å²) in [5.41, 5.74) is 2.91. The van der Waals surface area contributed by atoms with Crippen LogP contribution in [0.4, 0.5) is 4.39 Å². The number of halogens is 3. The molecule has 3 rings (SSSR count). The molecular weight excluding hydrogens is 331 g/mol. The maximum absolute atomic E-state index is 13.3. The third-order valence-corrected chi connectivity index (χ3v) is 4.43. The maximum Gasteiger partial charge on any atom is 0.127 e. The van der Waals surface area contributed by atoms with E-state index in [-0.39, 0.29) is 10.6 Å². The van der Waals surface area contributed by atoms with Crippen LogP contribution < -0.4 is 4.74 Å². The Labute approximate surface area is 124 Å². The lowest BCUT2D eigenvalue weighted by Gasteiger charge is -2.15. The van der Waals surface area contributed by atoms with Crippen LogP contribution in [-0.2, 0) is 6.42 Å². The van der Waals surface area contributed by atoms with Gasteiger partial charge in [0.2, 0.25) is 0 Å². The first kappa shape index (κ1) is 12.9. The zero-order valence-corrected chi connectivity index (χ0v) is 12.3. The second kappa shape index (κ2) is 5.14. The van der Waals surface area contributed by atoms with Crippen LogP contribution in [0.25, 0.3) is 0 Å². The first-order chi connectivity index (χ1) is 9.15. The summed E-state index contributed by atoms with van der Waals surface area (Å²) in [6, 6.07) is 10.3. The molecule has 1 aliphatic rings. The molecule has 1 aliphatic heterocycles. The van der Waals surface area contributed by atoms with E-state index >= 15 is 0 Å². The highest BCUT2D eigenvalue weighted by Crippen LogP contribution is 2.42. The number of benzene rings is 2. The summed E-state index contributed by atoms with van der Waals surface area (Å²) >= 11 is 9.75. The topological polar surface area (TPSA) is 9.23 Å². The van der Waals surface area contributed by atoms with Crippen molar-refractivity contribution < 1.29 is 9.13 Å². The average Bonchev–Trinajstić information content (AvgIpc) is 2.85. The van der Waals surface area contributed by atoms with Gasteiger partial charge in [0.1, 0.15) is 11.6 Å². The van der Waals surface area contributed by atoms with Gasteiger partial charge in [0.25, 0.3) is 0 Å². The largest absolute Gasteiger partial charge is 0.493 e. The molecule has 1 heterocycles. The van der Waals surface area contributed by atoms with Crippen molar-refractivity contribution in [3.05, 3.63) is 63.9 Å². The van der Waals surface area contributed by atoms with E-state index in [1.807, 2.05) is 18.2 Å². The Bertz CT molecular complexity index is 630. The molecule has 1 unspecified atom stereocenters. The van der Waals surface area contributed by atoms with Crippen molar-refractivity contribution in [3.63, 3.8) is 0 Å². The Morgan fingerprint density at radius 2 is 2.11 bits per heavy atom. The molecule has 1 atom stereocenters. The molecule has 0 aliphatic carbocycles. The van der Waals surface area contributed by atoms with Gasteiger partial charge >= 0.3 is 0 Å². The van der Waals surface area contributed by atoms with Gasteiger partial charge in [0.05, 0.1) is 11.4 Å². The van der Waals surface area contributed by atoms with Gasteiger partial charge in [-0.3, -0.25) is 0 Å². The highest BCUT2D eigenvalue weighted by molar-refractivity contribution is 9.09. The van der Waals surface area contributed by atoms with Crippen molar-refractivity contribution in [2.24, 2.45) is 0 Å². The van der Waals surface area contributed by atoms with Crippen molar-refractivity contribution in [2.75, 3.05) is 6.61 Å². The molecule has 0 fully saturated rings. The van der Waals surface area contributed by atoms with E-state index < -0.39 is 0 Å². The molecule has 2 aromatic rings. The lowest BCUT2D eigenvalue weighted by Crippen LogP contribution is -1.97. The van der Waals surface area contributed by atoms with Crippen LogP contribution in [0.15, 0.2) is 36.4 Å². The second-order valence-corrected chi connectivity index (χ2v) is 5.85. The Kier molecular flexibility index (Phi) is 3.50. The van der Waals surface area contributed by atoms with Gasteiger partial charge in [-0.05, 0) is 35.4 Å². The molecule has 1 nitrogen and oxygen atoms in total. The fourth-order valence-corrected chi connectivity index (χ4v) is 3.20. The van der Waals surface area contributed by atoms with E-state index in [4.69, 9.17) is 16.3 Å². The number of fused-ring (bicyclic) bond motifs is 1. The fraction of sp³-hybridized carbons (Fsp3) is 0.200. The van der Waals surface area contributed by atoms with Crippen LogP contribution in [0.2, 0.25) is 5.02 Å². The van der Waals surface area contributed by atoms with Crippen LogP contribution >= 0.6 is 27.5 Å². The summed E-state index contributed by atoms with van der Waals surface area (Å²) in [4.78, 5) is -0.131.